The highest BCUT2D eigenvalue weighted by molar-refractivity contribution is 7.87. The number of hydrogen-bond acceptors (Lipinski definition) is 3. The molecule has 5 nitrogen and oxygen atoms in total. The Balaban J connectivity index is 4.62. The van der Waals surface area contributed by atoms with Gasteiger partial charge in [0.1, 0.15) is 6.54 Å². The molecule has 0 aromatic rings. The van der Waals surface area contributed by atoms with Crippen LogP contribution in [0.1, 0.15) is 27.2 Å². The third-order valence-electron chi connectivity index (χ3n) is 2.22. The summed E-state index contributed by atoms with van der Waals surface area (Å²) in [6.07, 6.45) is -4.49. The zero-order valence-electron chi connectivity index (χ0n) is 10.5. The van der Waals surface area contributed by atoms with Gasteiger partial charge in [-0.15, -0.1) is 0 Å². The van der Waals surface area contributed by atoms with Crippen LogP contribution in [0, 0.1) is 5.41 Å². The first-order valence-electron chi connectivity index (χ1n) is 5.32. The molecular formula is C9H19F3N2O3S. The van der Waals surface area contributed by atoms with Crippen LogP contribution < -0.4 is 9.44 Å². The fourth-order valence-corrected chi connectivity index (χ4v) is 2.49. The number of aliphatic hydroxyl groups is 1. The average Bonchev–Trinajstić information content (AvgIpc) is 2.12. The Morgan fingerprint density at radius 3 is 2.06 bits per heavy atom. The summed E-state index contributed by atoms with van der Waals surface area (Å²) in [6, 6.07) is -0.659. The normalized spacial score (nSPS) is 15.7. The second-order valence-electron chi connectivity index (χ2n) is 4.99. The minimum Gasteiger partial charge on any atom is -0.396 e. The van der Waals surface area contributed by atoms with Gasteiger partial charge in [-0.1, -0.05) is 20.8 Å². The number of hydrogen-bond donors (Lipinski definition) is 3. The molecule has 0 saturated heterocycles. The van der Waals surface area contributed by atoms with Gasteiger partial charge in [-0.05, 0) is 11.8 Å². The van der Waals surface area contributed by atoms with Crippen LogP contribution in [-0.2, 0) is 10.2 Å². The smallest absolute Gasteiger partial charge is 0.396 e. The van der Waals surface area contributed by atoms with Crippen molar-refractivity contribution in [2.45, 2.75) is 39.4 Å². The molecule has 0 aromatic heterocycles. The van der Waals surface area contributed by atoms with E-state index in [1.807, 2.05) is 0 Å². The summed E-state index contributed by atoms with van der Waals surface area (Å²) in [5, 5.41) is 8.82. The Kier molecular flexibility index (Phi) is 6.05. The monoisotopic (exact) mass is 292 g/mol. The Morgan fingerprint density at radius 1 is 1.22 bits per heavy atom. The zero-order chi connectivity index (χ0) is 14.6. The zero-order valence-corrected chi connectivity index (χ0v) is 11.3. The maximum Gasteiger partial charge on any atom is 0.402 e. The van der Waals surface area contributed by atoms with Crippen LogP contribution in [0.5, 0.6) is 0 Å². The molecule has 110 valence electrons. The van der Waals surface area contributed by atoms with Crippen LogP contribution in [0.25, 0.3) is 0 Å². The van der Waals surface area contributed by atoms with E-state index in [0.717, 1.165) is 0 Å². The molecule has 1 unspecified atom stereocenters. The maximum absolute atomic E-state index is 11.9. The maximum atomic E-state index is 11.9. The molecule has 0 heterocycles. The second kappa shape index (κ2) is 6.18. The van der Waals surface area contributed by atoms with Gasteiger partial charge >= 0.3 is 6.18 Å². The first-order chi connectivity index (χ1) is 7.87. The highest BCUT2D eigenvalue weighted by Crippen LogP contribution is 2.22. The number of halogens is 3. The lowest BCUT2D eigenvalue weighted by Gasteiger charge is -2.30. The summed E-state index contributed by atoms with van der Waals surface area (Å²) < 4.78 is 62.1. The van der Waals surface area contributed by atoms with E-state index in [9.17, 15) is 21.6 Å². The largest absolute Gasteiger partial charge is 0.402 e. The van der Waals surface area contributed by atoms with E-state index in [1.165, 1.54) is 4.72 Å². The molecule has 0 aliphatic heterocycles. The van der Waals surface area contributed by atoms with Crippen molar-refractivity contribution in [3.8, 4) is 0 Å². The Bertz CT molecular complexity index is 349. The van der Waals surface area contributed by atoms with Crippen molar-refractivity contribution in [3.05, 3.63) is 0 Å². The van der Waals surface area contributed by atoms with Crippen LogP contribution in [0.3, 0.4) is 0 Å². The minimum absolute atomic E-state index is 0.121. The first kappa shape index (κ1) is 17.6. The highest BCUT2D eigenvalue weighted by Gasteiger charge is 2.32. The standard InChI is InChI=1S/C9H19F3N2O3S/c1-8(2,3)7(4-5-15)14-18(16,17)13-6-9(10,11)12/h7,13-15H,4-6H2,1-3H3. The molecule has 9 heteroatoms. The van der Waals surface area contributed by atoms with Crippen LogP contribution in [0.4, 0.5) is 13.2 Å². The van der Waals surface area contributed by atoms with Crippen molar-refractivity contribution < 1.29 is 26.7 Å². The molecule has 0 fully saturated rings. The van der Waals surface area contributed by atoms with Gasteiger partial charge in [0.25, 0.3) is 10.2 Å². The number of aliphatic hydroxyl groups excluding tert-OH is 1. The second-order valence-corrected chi connectivity index (χ2v) is 6.52. The molecule has 0 aliphatic carbocycles. The van der Waals surface area contributed by atoms with Crippen LogP contribution in [0.2, 0.25) is 0 Å². The molecule has 0 aromatic carbocycles. The summed E-state index contributed by atoms with van der Waals surface area (Å²) in [5.41, 5.74) is -0.518. The third-order valence-corrected chi connectivity index (χ3v) is 3.34. The van der Waals surface area contributed by atoms with Gasteiger partial charge in [0.05, 0.1) is 0 Å². The fraction of sp³-hybridized carbons (Fsp3) is 1.00. The van der Waals surface area contributed by atoms with Gasteiger partial charge in [0, 0.05) is 12.6 Å². The fourth-order valence-electron chi connectivity index (χ4n) is 1.20. The molecule has 0 rings (SSSR count). The molecule has 0 saturated carbocycles. The molecule has 0 spiro atoms. The van der Waals surface area contributed by atoms with Crippen LogP contribution >= 0.6 is 0 Å². The quantitative estimate of drug-likeness (QED) is 0.676. The van der Waals surface area contributed by atoms with Crippen molar-refractivity contribution in [2.24, 2.45) is 5.41 Å². The van der Waals surface area contributed by atoms with Crippen LogP contribution in [-0.4, -0.2) is 38.9 Å². The highest BCUT2D eigenvalue weighted by atomic mass is 32.2. The Labute approximate surface area is 105 Å². The van der Waals surface area contributed by atoms with Gasteiger partial charge < -0.3 is 5.11 Å². The summed E-state index contributed by atoms with van der Waals surface area (Å²) >= 11 is 0. The van der Waals surface area contributed by atoms with Gasteiger partial charge in [-0.25, -0.2) is 0 Å². The molecular weight excluding hydrogens is 273 g/mol. The number of alkyl halides is 3. The summed E-state index contributed by atoms with van der Waals surface area (Å²) in [5.74, 6) is 0. The first-order valence-corrected chi connectivity index (χ1v) is 6.80. The van der Waals surface area contributed by atoms with Gasteiger partial charge in [0.15, 0.2) is 0 Å². The predicted octanol–water partition coefficient (Wildman–Crippen LogP) is 0.770. The summed E-state index contributed by atoms with van der Waals surface area (Å²) in [7, 11) is -4.25. The van der Waals surface area contributed by atoms with Crippen molar-refractivity contribution in [3.63, 3.8) is 0 Å². The molecule has 3 N–H and O–H groups in total. The molecule has 0 amide bonds. The summed E-state index contributed by atoms with van der Waals surface area (Å²) in [6.45, 7) is 3.28. The Hall–Kier alpha value is -0.380. The van der Waals surface area contributed by atoms with Crippen molar-refractivity contribution >= 4 is 10.2 Å². The van der Waals surface area contributed by atoms with Crippen molar-refractivity contribution in [2.75, 3.05) is 13.2 Å². The molecule has 0 radical (unpaired) electrons. The van der Waals surface area contributed by atoms with E-state index in [4.69, 9.17) is 5.11 Å². The number of rotatable bonds is 6. The Morgan fingerprint density at radius 2 is 1.72 bits per heavy atom. The van der Waals surface area contributed by atoms with E-state index in [-0.39, 0.29) is 13.0 Å². The lowest BCUT2D eigenvalue weighted by atomic mass is 9.86. The van der Waals surface area contributed by atoms with Gasteiger partial charge in [-0.2, -0.15) is 31.0 Å². The van der Waals surface area contributed by atoms with Gasteiger partial charge in [-0.3, -0.25) is 0 Å². The molecule has 1 atom stereocenters. The van der Waals surface area contributed by atoms with Gasteiger partial charge in [0.2, 0.25) is 0 Å². The summed E-state index contributed by atoms with van der Waals surface area (Å²) in [4.78, 5) is 0. The van der Waals surface area contributed by atoms with Crippen molar-refractivity contribution in [1.82, 2.24) is 9.44 Å². The molecule has 18 heavy (non-hydrogen) atoms. The molecule has 0 bridgehead atoms. The van der Waals surface area contributed by atoms with Crippen molar-refractivity contribution in [1.29, 1.82) is 0 Å². The average molecular weight is 292 g/mol. The van der Waals surface area contributed by atoms with E-state index < -0.39 is 34.4 Å². The third kappa shape index (κ3) is 7.85. The SMILES string of the molecule is CC(C)(C)C(CCO)NS(=O)(=O)NCC(F)(F)F. The van der Waals surface area contributed by atoms with E-state index >= 15 is 0 Å². The van der Waals surface area contributed by atoms with Crippen LogP contribution in [0.15, 0.2) is 0 Å². The molecule has 0 aliphatic rings. The van der Waals surface area contributed by atoms with E-state index in [0.29, 0.717) is 0 Å². The van der Waals surface area contributed by atoms with E-state index in [2.05, 4.69) is 4.72 Å². The predicted molar refractivity (Wildman–Crippen MR) is 61.1 cm³/mol. The lowest BCUT2D eigenvalue weighted by molar-refractivity contribution is -0.121. The lowest BCUT2D eigenvalue weighted by Crippen LogP contribution is -2.50. The topological polar surface area (TPSA) is 78.4 Å². The van der Waals surface area contributed by atoms with E-state index in [1.54, 1.807) is 20.8 Å². The number of nitrogens with one attached hydrogen (secondary N) is 2. The minimum atomic E-state index is -4.61.